The average molecular weight is 436 g/mol. The summed E-state index contributed by atoms with van der Waals surface area (Å²) in [4.78, 5) is 40.1. The van der Waals surface area contributed by atoms with Crippen LogP contribution in [0.25, 0.3) is 0 Å². The normalized spacial score (nSPS) is 19.6. The monoisotopic (exact) mass is 435 g/mol. The zero-order chi connectivity index (χ0) is 22.5. The molecular formula is C25H29N3O4. The van der Waals surface area contributed by atoms with Crippen molar-refractivity contribution in [3.8, 4) is 0 Å². The average Bonchev–Trinajstić information content (AvgIpc) is 2.84. The van der Waals surface area contributed by atoms with E-state index in [4.69, 9.17) is 0 Å². The lowest BCUT2D eigenvalue weighted by Gasteiger charge is -2.38. The van der Waals surface area contributed by atoms with Crippen LogP contribution in [0.15, 0.2) is 54.6 Å². The fourth-order valence-corrected chi connectivity index (χ4v) is 4.83. The number of nitrogens with zero attached hydrogens (tertiary/aromatic N) is 3. The topological polar surface area (TPSA) is 83.8 Å². The molecule has 2 amide bonds. The summed E-state index contributed by atoms with van der Waals surface area (Å²) in [6, 6.07) is 16.2. The third-order valence-electron chi connectivity index (χ3n) is 6.68. The third-order valence-corrected chi connectivity index (χ3v) is 6.68. The van der Waals surface area contributed by atoms with Gasteiger partial charge < -0.3 is 9.80 Å². The number of hydrogen-bond donors (Lipinski definition) is 0. The molecular weight excluding hydrogens is 406 g/mol. The highest BCUT2D eigenvalue weighted by atomic mass is 16.6. The number of rotatable bonds is 5. The van der Waals surface area contributed by atoms with Crippen LogP contribution >= 0.6 is 0 Å². The van der Waals surface area contributed by atoms with Gasteiger partial charge in [-0.15, -0.1) is 0 Å². The van der Waals surface area contributed by atoms with Gasteiger partial charge in [0.15, 0.2) is 0 Å². The lowest BCUT2D eigenvalue weighted by atomic mass is 9.89. The number of amides is 2. The summed E-state index contributed by atoms with van der Waals surface area (Å²) in [6.07, 6.45) is 4.67. The Kier molecular flexibility index (Phi) is 6.83. The first-order valence-electron chi connectivity index (χ1n) is 11.4. The standard InChI is InChI=1S/C25H29N3O4/c29-24(21-8-10-23(11-9-21)28(31)32)27-14-4-7-22(18-27)25(30)26-15-12-20(13-16-26)17-19-5-2-1-3-6-19/h1-3,5-6,8-11,20,22H,4,7,12-18H2. The molecule has 2 saturated heterocycles. The first-order valence-corrected chi connectivity index (χ1v) is 11.4. The third kappa shape index (κ3) is 5.15. The Morgan fingerprint density at radius 1 is 0.906 bits per heavy atom. The van der Waals surface area contributed by atoms with Crippen molar-refractivity contribution in [3.05, 3.63) is 75.8 Å². The number of carbonyl (C=O) groups excluding carboxylic acids is 2. The van der Waals surface area contributed by atoms with Gasteiger partial charge in [0.2, 0.25) is 5.91 Å². The van der Waals surface area contributed by atoms with Crippen LogP contribution in [0.4, 0.5) is 5.69 Å². The molecule has 1 unspecified atom stereocenters. The maximum absolute atomic E-state index is 13.2. The van der Waals surface area contributed by atoms with E-state index in [9.17, 15) is 19.7 Å². The molecule has 2 aromatic rings. The van der Waals surface area contributed by atoms with Gasteiger partial charge in [-0.1, -0.05) is 30.3 Å². The highest BCUT2D eigenvalue weighted by Crippen LogP contribution is 2.26. The zero-order valence-corrected chi connectivity index (χ0v) is 18.2. The Morgan fingerprint density at radius 2 is 1.59 bits per heavy atom. The lowest BCUT2D eigenvalue weighted by Crippen LogP contribution is -2.48. The van der Waals surface area contributed by atoms with E-state index in [0.717, 1.165) is 45.2 Å². The van der Waals surface area contributed by atoms with E-state index in [1.165, 1.54) is 29.8 Å². The second kappa shape index (κ2) is 9.94. The summed E-state index contributed by atoms with van der Waals surface area (Å²) in [6.45, 7) is 2.59. The molecule has 0 aromatic heterocycles. The van der Waals surface area contributed by atoms with Crippen LogP contribution in [0, 0.1) is 22.0 Å². The van der Waals surface area contributed by atoms with Crippen LogP contribution in [0.3, 0.4) is 0 Å². The molecule has 32 heavy (non-hydrogen) atoms. The highest BCUT2D eigenvalue weighted by Gasteiger charge is 2.33. The second-order valence-electron chi connectivity index (χ2n) is 8.85. The molecule has 2 aliphatic rings. The van der Waals surface area contributed by atoms with Crippen molar-refractivity contribution in [2.45, 2.75) is 32.1 Å². The minimum absolute atomic E-state index is 0.0380. The van der Waals surface area contributed by atoms with Crippen molar-refractivity contribution in [2.75, 3.05) is 26.2 Å². The van der Waals surface area contributed by atoms with E-state index in [2.05, 4.69) is 24.3 Å². The Labute approximate surface area is 188 Å². The minimum atomic E-state index is -0.479. The maximum atomic E-state index is 13.2. The van der Waals surface area contributed by atoms with Crippen molar-refractivity contribution in [3.63, 3.8) is 0 Å². The van der Waals surface area contributed by atoms with Crippen molar-refractivity contribution in [1.29, 1.82) is 0 Å². The smallest absolute Gasteiger partial charge is 0.269 e. The molecule has 0 bridgehead atoms. The Morgan fingerprint density at radius 3 is 2.25 bits per heavy atom. The molecule has 0 aliphatic carbocycles. The number of carbonyl (C=O) groups is 2. The van der Waals surface area contributed by atoms with Crippen molar-refractivity contribution in [1.82, 2.24) is 9.80 Å². The van der Waals surface area contributed by atoms with Crippen LogP contribution in [-0.2, 0) is 11.2 Å². The van der Waals surface area contributed by atoms with Crippen molar-refractivity contribution >= 4 is 17.5 Å². The number of hydrogen-bond acceptors (Lipinski definition) is 4. The van der Waals surface area contributed by atoms with Crippen molar-refractivity contribution in [2.24, 2.45) is 11.8 Å². The van der Waals surface area contributed by atoms with Crippen LogP contribution in [0.1, 0.15) is 41.6 Å². The molecule has 2 fully saturated rings. The first kappa shape index (κ1) is 22.0. The summed E-state index contributed by atoms with van der Waals surface area (Å²) in [5.74, 6) is 0.424. The summed E-state index contributed by atoms with van der Waals surface area (Å²) in [5.41, 5.74) is 1.74. The van der Waals surface area contributed by atoms with Crippen LogP contribution in [0.5, 0.6) is 0 Å². The number of likely N-dealkylation sites (tertiary alicyclic amines) is 2. The molecule has 4 rings (SSSR count). The predicted molar refractivity (Wildman–Crippen MR) is 121 cm³/mol. The molecule has 2 heterocycles. The Bertz CT molecular complexity index is 953. The zero-order valence-electron chi connectivity index (χ0n) is 18.2. The van der Waals surface area contributed by atoms with E-state index in [1.54, 1.807) is 4.90 Å². The molecule has 1 atom stereocenters. The molecule has 2 aliphatic heterocycles. The number of benzene rings is 2. The van der Waals surface area contributed by atoms with E-state index in [1.807, 2.05) is 11.0 Å². The van der Waals surface area contributed by atoms with Crippen LogP contribution < -0.4 is 0 Å². The summed E-state index contributed by atoms with van der Waals surface area (Å²) < 4.78 is 0. The second-order valence-corrected chi connectivity index (χ2v) is 8.85. The molecule has 168 valence electrons. The van der Waals surface area contributed by atoms with E-state index in [-0.39, 0.29) is 23.4 Å². The molecule has 0 N–H and O–H groups in total. The van der Waals surface area contributed by atoms with Gasteiger partial charge >= 0.3 is 0 Å². The Hall–Kier alpha value is -3.22. The summed E-state index contributed by atoms with van der Waals surface area (Å²) in [7, 11) is 0. The number of non-ortho nitro benzene ring substituents is 1. The molecule has 0 spiro atoms. The highest BCUT2D eigenvalue weighted by molar-refractivity contribution is 5.95. The quantitative estimate of drug-likeness (QED) is 0.526. The van der Waals surface area contributed by atoms with Crippen LogP contribution in [0.2, 0.25) is 0 Å². The predicted octanol–water partition coefficient (Wildman–Crippen LogP) is 3.93. The van der Waals surface area contributed by atoms with Gasteiger partial charge in [0.25, 0.3) is 11.6 Å². The lowest BCUT2D eigenvalue weighted by molar-refractivity contribution is -0.384. The number of nitro groups is 1. The fraction of sp³-hybridized carbons (Fsp3) is 0.440. The van der Waals surface area contributed by atoms with E-state index >= 15 is 0 Å². The van der Waals surface area contributed by atoms with Gasteiger partial charge in [-0.3, -0.25) is 19.7 Å². The minimum Gasteiger partial charge on any atom is -0.342 e. The van der Waals surface area contributed by atoms with Gasteiger partial charge in [0.1, 0.15) is 0 Å². The van der Waals surface area contributed by atoms with Gasteiger partial charge in [0.05, 0.1) is 10.8 Å². The molecule has 7 heteroatoms. The Balaban J connectivity index is 1.30. The molecule has 0 radical (unpaired) electrons. The van der Waals surface area contributed by atoms with Crippen LogP contribution in [-0.4, -0.2) is 52.7 Å². The fourth-order valence-electron chi connectivity index (χ4n) is 4.83. The van der Waals surface area contributed by atoms with E-state index in [0.29, 0.717) is 24.6 Å². The van der Waals surface area contributed by atoms with Gasteiger partial charge in [-0.05, 0) is 55.7 Å². The number of nitro benzene ring substituents is 1. The van der Waals surface area contributed by atoms with Gasteiger partial charge in [0, 0.05) is 43.9 Å². The first-order chi connectivity index (χ1) is 15.5. The van der Waals surface area contributed by atoms with Crippen molar-refractivity contribution < 1.29 is 14.5 Å². The molecule has 0 saturated carbocycles. The molecule has 2 aromatic carbocycles. The van der Waals surface area contributed by atoms with E-state index < -0.39 is 4.92 Å². The number of piperidine rings is 2. The van der Waals surface area contributed by atoms with Gasteiger partial charge in [-0.25, -0.2) is 0 Å². The maximum Gasteiger partial charge on any atom is 0.269 e. The molecule has 7 nitrogen and oxygen atoms in total. The summed E-state index contributed by atoms with van der Waals surface area (Å²) in [5, 5.41) is 10.8. The largest absolute Gasteiger partial charge is 0.342 e. The summed E-state index contributed by atoms with van der Waals surface area (Å²) >= 11 is 0. The SMILES string of the molecule is O=C(c1ccc([N+](=O)[O-])cc1)N1CCCC(C(=O)N2CCC(Cc3ccccc3)CC2)C1. The van der Waals surface area contributed by atoms with Gasteiger partial charge in [-0.2, -0.15) is 0 Å².